The average Bonchev–Trinajstić information content (AvgIpc) is 2.92. The van der Waals surface area contributed by atoms with E-state index in [4.69, 9.17) is 21.1 Å². The predicted octanol–water partition coefficient (Wildman–Crippen LogP) is 3.56. The van der Waals surface area contributed by atoms with Gasteiger partial charge in [0.15, 0.2) is 6.10 Å². The lowest BCUT2D eigenvalue weighted by molar-refractivity contribution is -0.152. The maximum Gasteiger partial charge on any atom is 0.341 e. The lowest BCUT2D eigenvalue weighted by Gasteiger charge is -2.32. The van der Waals surface area contributed by atoms with Gasteiger partial charge in [-0.15, -0.1) is 11.3 Å². The van der Waals surface area contributed by atoms with E-state index in [0.29, 0.717) is 17.3 Å². The molecule has 0 amide bonds. The van der Waals surface area contributed by atoms with Crippen LogP contribution in [-0.4, -0.2) is 37.7 Å². The first-order valence-corrected chi connectivity index (χ1v) is 9.21. The molecule has 0 N–H and O–H groups in total. The van der Waals surface area contributed by atoms with Crippen LogP contribution in [0.25, 0.3) is 5.03 Å². The number of nitrogens with zero attached hydrogens (tertiary/aromatic N) is 1. The minimum atomic E-state index is -0.769. The molecule has 6 heteroatoms. The van der Waals surface area contributed by atoms with E-state index in [1.807, 2.05) is 18.9 Å². The molecule has 2 heterocycles. The summed E-state index contributed by atoms with van der Waals surface area (Å²) in [6.07, 6.45) is 4.01. The van der Waals surface area contributed by atoms with E-state index in [1.54, 1.807) is 11.3 Å². The maximum atomic E-state index is 12.1. The Bertz CT molecular complexity index is 653. The average molecular weight is 356 g/mol. The molecule has 1 unspecified atom stereocenters. The second kappa shape index (κ2) is 6.83. The van der Waals surface area contributed by atoms with Crippen molar-refractivity contribution in [3.63, 3.8) is 0 Å². The van der Waals surface area contributed by atoms with Gasteiger partial charge in [-0.2, -0.15) is 0 Å². The Labute approximate surface area is 146 Å². The molecule has 3 rings (SSSR count). The van der Waals surface area contributed by atoms with Crippen LogP contribution < -0.4 is 0 Å². The fourth-order valence-electron chi connectivity index (χ4n) is 3.43. The SMILES string of the molecule is CCOC(C(=O)OC)C1=C(Cl)c2sc3c(c2CN1C)CCCC3. The zero-order valence-corrected chi connectivity index (χ0v) is 15.4. The summed E-state index contributed by atoms with van der Waals surface area (Å²) >= 11 is 8.50. The molecular weight excluding hydrogens is 334 g/mol. The van der Waals surface area contributed by atoms with Gasteiger partial charge in [-0.05, 0) is 43.7 Å². The summed E-state index contributed by atoms with van der Waals surface area (Å²) in [4.78, 5) is 16.7. The van der Waals surface area contributed by atoms with Gasteiger partial charge in [-0.1, -0.05) is 11.6 Å². The van der Waals surface area contributed by atoms with Crippen molar-refractivity contribution < 1.29 is 14.3 Å². The van der Waals surface area contributed by atoms with Crippen LogP contribution >= 0.6 is 22.9 Å². The molecule has 1 aromatic rings. The van der Waals surface area contributed by atoms with Gasteiger partial charge in [0.1, 0.15) is 0 Å². The number of fused-ring (bicyclic) bond motifs is 3. The highest BCUT2D eigenvalue weighted by Gasteiger charge is 2.36. The molecule has 0 bridgehead atoms. The smallest absolute Gasteiger partial charge is 0.341 e. The van der Waals surface area contributed by atoms with Crippen molar-refractivity contribution in [3.8, 4) is 0 Å². The number of hydrogen-bond acceptors (Lipinski definition) is 5. The lowest BCUT2D eigenvalue weighted by atomic mass is 9.93. The number of thiophene rings is 1. The van der Waals surface area contributed by atoms with Crippen LogP contribution in [-0.2, 0) is 33.7 Å². The third-order valence-corrected chi connectivity index (χ3v) is 6.35. The normalized spacial score (nSPS) is 18.5. The number of likely N-dealkylation sites (N-methyl/N-ethyl adjacent to an activating group) is 1. The second-order valence-electron chi connectivity index (χ2n) is 5.93. The Balaban J connectivity index is 2.07. The van der Waals surface area contributed by atoms with E-state index in [-0.39, 0.29) is 0 Å². The number of carbonyl (C=O) groups is 1. The van der Waals surface area contributed by atoms with Gasteiger partial charge in [0.2, 0.25) is 0 Å². The molecule has 126 valence electrons. The summed E-state index contributed by atoms with van der Waals surface area (Å²) < 4.78 is 10.5. The summed E-state index contributed by atoms with van der Waals surface area (Å²) in [5.74, 6) is -0.406. The number of aryl methyl sites for hydroxylation is 1. The summed E-state index contributed by atoms with van der Waals surface area (Å²) in [5.41, 5.74) is 3.53. The maximum absolute atomic E-state index is 12.1. The zero-order valence-electron chi connectivity index (χ0n) is 13.8. The van der Waals surface area contributed by atoms with Crippen molar-refractivity contribution in [2.45, 2.75) is 45.3 Å². The van der Waals surface area contributed by atoms with Gasteiger partial charge in [-0.3, -0.25) is 0 Å². The first kappa shape index (κ1) is 16.8. The Morgan fingerprint density at radius 1 is 1.35 bits per heavy atom. The van der Waals surface area contributed by atoms with E-state index < -0.39 is 12.1 Å². The molecule has 1 aliphatic carbocycles. The van der Waals surface area contributed by atoms with Crippen LogP contribution in [0.15, 0.2) is 5.70 Å². The number of halogens is 1. The summed E-state index contributed by atoms with van der Waals surface area (Å²) in [5, 5.41) is 0.636. The topological polar surface area (TPSA) is 38.8 Å². The summed E-state index contributed by atoms with van der Waals surface area (Å²) in [6.45, 7) is 3.06. The van der Waals surface area contributed by atoms with E-state index >= 15 is 0 Å². The van der Waals surface area contributed by atoms with Gasteiger partial charge in [0.25, 0.3) is 0 Å². The third kappa shape index (κ3) is 2.90. The molecule has 1 aromatic heterocycles. The number of hydrogen-bond donors (Lipinski definition) is 0. The zero-order chi connectivity index (χ0) is 16.6. The number of methoxy groups -OCH3 is 1. The fourth-order valence-corrected chi connectivity index (χ4v) is 5.25. The molecule has 2 aliphatic rings. The van der Waals surface area contributed by atoms with Crippen LogP contribution in [0.1, 0.15) is 40.6 Å². The van der Waals surface area contributed by atoms with Gasteiger partial charge in [0, 0.05) is 25.1 Å². The van der Waals surface area contributed by atoms with Gasteiger partial charge in [0.05, 0.1) is 22.7 Å². The van der Waals surface area contributed by atoms with E-state index in [2.05, 4.69) is 0 Å². The number of rotatable bonds is 4. The van der Waals surface area contributed by atoms with Crippen molar-refractivity contribution in [3.05, 3.63) is 26.6 Å². The number of esters is 1. The standard InChI is InChI=1S/C17H22ClNO3S/c1-4-22-15(17(20)21-3)14-13(18)16-11(9-19(14)2)10-7-5-6-8-12(10)23-16/h15H,4-9H2,1-3H3. The van der Waals surface area contributed by atoms with Gasteiger partial charge >= 0.3 is 5.97 Å². The second-order valence-corrected chi connectivity index (χ2v) is 7.42. The molecule has 0 spiro atoms. The van der Waals surface area contributed by atoms with E-state index in [1.165, 1.54) is 36.0 Å². The lowest BCUT2D eigenvalue weighted by Crippen LogP contribution is -2.37. The highest BCUT2D eigenvalue weighted by atomic mass is 35.5. The Kier molecular flexibility index (Phi) is 4.99. The number of ether oxygens (including phenoxy) is 2. The van der Waals surface area contributed by atoms with Gasteiger partial charge < -0.3 is 14.4 Å². The van der Waals surface area contributed by atoms with Crippen LogP contribution in [0, 0.1) is 0 Å². The molecule has 0 aromatic carbocycles. The summed E-state index contributed by atoms with van der Waals surface area (Å²) in [6, 6.07) is 0. The minimum Gasteiger partial charge on any atom is -0.467 e. The first-order chi connectivity index (χ1) is 11.1. The Morgan fingerprint density at radius 2 is 2.09 bits per heavy atom. The molecule has 0 fully saturated rings. The molecule has 23 heavy (non-hydrogen) atoms. The third-order valence-electron chi connectivity index (χ3n) is 4.51. The monoisotopic (exact) mass is 355 g/mol. The largest absolute Gasteiger partial charge is 0.467 e. The van der Waals surface area contributed by atoms with Crippen molar-refractivity contribution in [2.24, 2.45) is 0 Å². The van der Waals surface area contributed by atoms with E-state index in [9.17, 15) is 4.79 Å². The molecule has 0 saturated heterocycles. The molecule has 0 saturated carbocycles. The quantitative estimate of drug-likeness (QED) is 0.774. The highest BCUT2D eigenvalue weighted by molar-refractivity contribution is 7.14. The van der Waals surface area contributed by atoms with Crippen molar-refractivity contribution in [1.29, 1.82) is 0 Å². The van der Waals surface area contributed by atoms with E-state index in [0.717, 1.165) is 24.3 Å². The summed E-state index contributed by atoms with van der Waals surface area (Å²) in [7, 11) is 3.34. The van der Waals surface area contributed by atoms with Crippen LogP contribution in [0.2, 0.25) is 0 Å². The van der Waals surface area contributed by atoms with Gasteiger partial charge in [-0.25, -0.2) is 4.79 Å². The number of carbonyl (C=O) groups excluding carboxylic acids is 1. The Morgan fingerprint density at radius 3 is 2.78 bits per heavy atom. The predicted molar refractivity (Wildman–Crippen MR) is 92.6 cm³/mol. The van der Waals surface area contributed by atoms with Crippen molar-refractivity contribution >= 4 is 33.9 Å². The molecule has 1 aliphatic heterocycles. The Hall–Kier alpha value is -1.04. The van der Waals surface area contributed by atoms with Crippen LogP contribution in [0.4, 0.5) is 0 Å². The van der Waals surface area contributed by atoms with Crippen molar-refractivity contribution in [2.75, 3.05) is 20.8 Å². The first-order valence-electron chi connectivity index (χ1n) is 8.02. The molecule has 1 atom stereocenters. The van der Waals surface area contributed by atoms with Crippen LogP contribution in [0.5, 0.6) is 0 Å². The highest BCUT2D eigenvalue weighted by Crippen LogP contribution is 2.45. The fraction of sp³-hybridized carbons (Fsp3) is 0.588. The molecule has 0 radical (unpaired) electrons. The van der Waals surface area contributed by atoms with Crippen molar-refractivity contribution in [1.82, 2.24) is 4.90 Å². The molecule has 4 nitrogen and oxygen atoms in total. The van der Waals surface area contributed by atoms with Crippen LogP contribution in [0.3, 0.4) is 0 Å². The molecular formula is C17H22ClNO3S. The minimum absolute atomic E-state index is 0.406.